The van der Waals surface area contributed by atoms with Gasteiger partial charge in [0.1, 0.15) is 18.1 Å². The minimum Gasteiger partial charge on any atom is -0.480 e. The number of hydrogen-bond donors (Lipinski definition) is 7. The number of aliphatic hydroxyl groups is 1. The lowest BCUT2D eigenvalue weighted by Gasteiger charge is -2.21. The molecule has 0 rings (SSSR count). The minimum absolute atomic E-state index is 0.0208. The van der Waals surface area contributed by atoms with Crippen LogP contribution in [-0.4, -0.2) is 70.4 Å². The van der Waals surface area contributed by atoms with Crippen LogP contribution >= 0.6 is 12.6 Å². The molecule has 0 fully saturated rings. The molecule has 0 aromatic rings. The maximum atomic E-state index is 12.0. The highest BCUT2D eigenvalue weighted by Gasteiger charge is 2.26. The lowest BCUT2D eigenvalue weighted by atomic mass is 10.2. The van der Waals surface area contributed by atoms with Gasteiger partial charge in [0.05, 0.1) is 12.6 Å². The fourth-order valence-corrected chi connectivity index (χ4v) is 1.62. The molecule has 4 atom stereocenters. The Morgan fingerprint density at radius 3 is 1.91 bits per heavy atom. The third-order valence-corrected chi connectivity index (χ3v) is 3.14. The van der Waals surface area contributed by atoms with Gasteiger partial charge in [-0.3, -0.25) is 14.4 Å². The van der Waals surface area contributed by atoms with Crippen molar-refractivity contribution in [1.29, 1.82) is 0 Å². The number of aliphatic carboxylic acids is 1. The van der Waals surface area contributed by atoms with Crippen molar-refractivity contribution in [3.05, 3.63) is 0 Å². The number of carboxylic acid groups (broad SMARTS) is 1. The molecule has 0 heterocycles. The Kier molecular flexibility index (Phi) is 9.22. The summed E-state index contributed by atoms with van der Waals surface area (Å²) in [6, 6.07) is -4.36. The second kappa shape index (κ2) is 10.0. The van der Waals surface area contributed by atoms with Crippen LogP contribution in [0.3, 0.4) is 0 Å². The Labute approximate surface area is 138 Å². The first-order chi connectivity index (χ1) is 10.6. The summed E-state index contributed by atoms with van der Waals surface area (Å²) in [5, 5.41) is 24.3. The van der Waals surface area contributed by atoms with E-state index in [0.29, 0.717) is 0 Å². The number of carboxylic acids is 1. The second-order valence-corrected chi connectivity index (χ2v) is 5.21. The van der Waals surface area contributed by atoms with Crippen LogP contribution in [0.5, 0.6) is 0 Å². The molecule has 0 aromatic carbocycles. The summed E-state index contributed by atoms with van der Waals surface area (Å²) in [6.45, 7) is 1.98. The molecular weight excluding hydrogens is 328 g/mol. The van der Waals surface area contributed by atoms with Crippen LogP contribution in [0.1, 0.15) is 13.8 Å². The molecular formula is C12H22N4O6S. The van der Waals surface area contributed by atoms with Gasteiger partial charge in [0.2, 0.25) is 17.7 Å². The number of carbonyl (C=O) groups is 4. The van der Waals surface area contributed by atoms with Crippen molar-refractivity contribution in [3.63, 3.8) is 0 Å². The largest absolute Gasteiger partial charge is 0.480 e. The van der Waals surface area contributed by atoms with Crippen LogP contribution in [0.15, 0.2) is 0 Å². The molecule has 0 radical (unpaired) electrons. The predicted octanol–water partition coefficient (Wildman–Crippen LogP) is -3.19. The molecule has 11 heteroatoms. The van der Waals surface area contributed by atoms with Gasteiger partial charge >= 0.3 is 5.97 Å². The van der Waals surface area contributed by atoms with Gasteiger partial charge in [-0.2, -0.15) is 12.6 Å². The maximum Gasteiger partial charge on any atom is 0.328 e. The third kappa shape index (κ3) is 7.30. The van der Waals surface area contributed by atoms with Crippen LogP contribution in [0, 0.1) is 0 Å². The summed E-state index contributed by atoms with van der Waals surface area (Å²) in [7, 11) is 0. The average molecular weight is 350 g/mol. The zero-order chi connectivity index (χ0) is 18.2. The lowest BCUT2D eigenvalue weighted by Crippen LogP contribution is -2.57. The first kappa shape index (κ1) is 21.1. The number of carbonyl (C=O) groups excluding carboxylic acids is 3. The maximum absolute atomic E-state index is 12.0. The van der Waals surface area contributed by atoms with Gasteiger partial charge in [-0.25, -0.2) is 4.79 Å². The number of amides is 3. The quantitative estimate of drug-likeness (QED) is 0.215. The number of aliphatic hydroxyl groups excluding tert-OH is 1. The van der Waals surface area contributed by atoms with E-state index in [1.165, 1.54) is 13.8 Å². The van der Waals surface area contributed by atoms with E-state index < -0.39 is 54.5 Å². The Hall–Kier alpha value is -1.85. The molecule has 0 spiro atoms. The molecule has 0 bridgehead atoms. The number of rotatable bonds is 9. The van der Waals surface area contributed by atoms with E-state index in [1.807, 2.05) is 0 Å². The van der Waals surface area contributed by atoms with E-state index in [2.05, 4.69) is 28.6 Å². The highest BCUT2D eigenvalue weighted by Crippen LogP contribution is 1.94. The molecule has 10 nitrogen and oxygen atoms in total. The summed E-state index contributed by atoms with van der Waals surface area (Å²) < 4.78 is 0. The molecule has 23 heavy (non-hydrogen) atoms. The van der Waals surface area contributed by atoms with Crippen LogP contribution in [0.25, 0.3) is 0 Å². The Morgan fingerprint density at radius 1 is 1.00 bits per heavy atom. The van der Waals surface area contributed by atoms with Gasteiger partial charge in [0.15, 0.2) is 0 Å². The van der Waals surface area contributed by atoms with Crippen LogP contribution < -0.4 is 21.7 Å². The molecule has 0 aliphatic heterocycles. The first-order valence-electron chi connectivity index (χ1n) is 6.75. The summed E-state index contributed by atoms with van der Waals surface area (Å²) >= 11 is 3.94. The monoisotopic (exact) mass is 350 g/mol. The van der Waals surface area contributed by atoms with Crippen molar-refractivity contribution in [2.45, 2.75) is 38.0 Å². The highest BCUT2D eigenvalue weighted by atomic mass is 32.1. The topological polar surface area (TPSA) is 171 Å². The Balaban J connectivity index is 4.64. The van der Waals surface area contributed by atoms with E-state index in [-0.39, 0.29) is 5.75 Å². The van der Waals surface area contributed by atoms with Gasteiger partial charge in [0, 0.05) is 5.75 Å². The number of nitrogens with two attached hydrogens (primary N) is 1. The SMILES string of the molecule is CC(N)C(=O)NC(CS)C(=O)NC(C)C(=O)NC(CO)C(=O)O. The summed E-state index contributed by atoms with van der Waals surface area (Å²) in [4.78, 5) is 45.9. The normalized spacial score (nSPS) is 15.7. The molecule has 0 saturated carbocycles. The number of thiol groups is 1. The molecule has 0 aromatic heterocycles. The first-order valence-corrected chi connectivity index (χ1v) is 7.38. The molecule has 4 unspecified atom stereocenters. The van der Waals surface area contributed by atoms with Crippen LogP contribution in [-0.2, 0) is 19.2 Å². The van der Waals surface area contributed by atoms with E-state index in [1.54, 1.807) is 0 Å². The van der Waals surface area contributed by atoms with Gasteiger partial charge in [-0.05, 0) is 13.8 Å². The van der Waals surface area contributed by atoms with Crippen molar-refractivity contribution in [1.82, 2.24) is 16.0 Å². The summed E-state index contributed by atoms with van der Waals surface area (Å²) in [5.41, 5.74) is 5.37. The second-order valence-electron chi connectivity index (χ2n) is 4.84. The molecule has 132 valence electrons. The van der Waals surface area contributed by atoms with Crippen molar-refractivity contribution < 1.29 is 29.4 Å². The summed E-state index contributed by atoms with van der Waals surface area (Å²) in [6.07, 6.45) is 0. The Bertz CT molecular complexity index is 459. The lowest BCUT2D eigenvalue weighted by molar-refractivity contribution is -0.143. The fourth-order valence-electron chi connectivity index (χ4n) is 1.36. The smallest absolute Gasteiger partial charge is 0.328 e. The van der Waals surface area contributed by atoms with Crippen molar-refractivity contribution in [3.8, 4) is 0 Å². The van der Waals surface area contributed by atoms with Gasteiger partial charge < -0.3 is 31.9 Å². The number of nitrogens with one attached hydrogen (secondary N) is 3. The zero-order valence-corrected chi connectivity index (χ0v) is 13.7. The number of hydrogen-bond acceptors (Lipinski definition) is 7. The molecule has 0 saturated heterocycles. The molecule has 0 aliphatic rings. The van der Waals surface area contributed by atoms with E-state index in [9.17, 15) is 19.2 Å². The van der Waals surface area contributed by atoms with Gasteiger partial charge in [-0.15, -0.1) is 0 Å². The zero-order valence-electron chi connectivity index (χ0n) is 12.8. The van der Waals surface area contributed by atoms with E-state index in [0.717, 1.165) is 0 Å². The van der Waals surface area contributed by atoms with Crippen LogP contribution in [0.4, 0.5) is 0 Å². The minimum atomic E-state index is -1.47. The highest BCUT2D eigenvalue weighted by molar-refractivity contribution is 7.80. The molecule has 3 amide bonds. The van der Waals surface area contributed by atoms with Gasteiger partial charge in [-0.1, -0.05) is 0 Å². The fraction of sp³-hybridized carbons (Fsp3) is 0.667. The average Bonchev–Trinajstić information content (AvgIpc) is 2.48. The van der Waals surface area contributed by atoms with Crippen LogP contribution in [0.2, 0.25) is 0 Å². The predicted molar refractivity (Wildman–Crippen MR) is 83.7 cm³/mol. The van der Waals surface area contributed by atoms with Crippen molar-refractivity contribution in [2.75, 3.05) is 12.4 Å². The third-order valence-electron chi connectivity index (χ3n) is 2.78. The van der Waals surface area contributed by atoms with E-state index in [4.69, 9.17) is 15.9 Å². The van der Waals surface area contributed by atoms with Crippen molar-refractivity contribution >= 4 is 36.3 Å². The standard InChI is InChI=1S/C12H22N4O6S/c1-5(13)9(18)16-8(4-23)11(20)14-6(2)10(19)15-7(3-17)12(21)22/h5-8,17,23H,3-4,13H2,1-2H3,(H,14,20)(H,15,19)(H,16,18)(H,21,22). The molecule has 0 aliphatic carbocycles. The molecule has 7 N–H and O–H groups in total. The van der Waals surface area contributed by atoms with E-state index >= 15 is 0 Å². The summed E-state index contributed by atoms with van der Waals surface area (Å²) in [5.74, 6) is -3.45. The van der Waals surface area contributed by atoms with Gasteiger partial charge in [0.25, 0.3) is 0 Å². The Morgan fingerprint density at radius 2 is 1.52 bits per heavy atom. The van der Waals surface area contributed by atoms with Crippen molar-refractivity contribution in [2.24, 2.45) is 5.73 Å².